The minimum atomic E-state index is -3.62. The molecule has 12 heteroatoms. The Kier molecular flexibility index (Phi) is 9.34. The molecule has 3 atom stereocenters. The van der Waals surface area contributed by atoms with E-state index in [1.807, 2.05) is 44.2 Å². The number of likely N-dealkylation sites (N-methyl/N-ethyl adjacent to an activating group) is 1. The second-order valence-electron chi connectivity index (χ2n) is 9.88. The molecule has 2 aromatic rings. The second kappa shape index (κ2) is 12.1. The molecule has 2 heterocycles. The van der Waals surface area contributed by atoms with Gasteiger partial charge < -0.3 is 26.0 Å². The van der Waals surface area contributed by atoms with Crippen LogP contribution in [0.3, 0.4) is 0 Å². The fraction of sp³-hybridized carbons (Fsp3) is 0.500. The predicted molar refractivity (Wildman–Crippen MR) is 148 cm³/mol. The third-order valence-corrected chi connectivity index (χ3v) is 7.95. The van der Waals surface area contributed by atoms with Crippen molar-refractivity contribution in [3.8, 4) is 0 Å². The van der Waals surface area contributed by atoms with E-state index in [0.717, 1.165) is 22.5 Å². The van der Waals surface area contributed by atoms with Crippen molar-refractivity contribution < 1.29 is 23.1 Å². The number of benzene rings is 1. The van der Waals surface area contributed by atoms with Gasteiger partial charge in [-0.05, 0) is 31.0 Å². The van der Waals surface area contributed by atoms with Crippen molar-refractivity contribution in [3.63, 3.8) is 0 Å². The number of hydrogen-bond donors (Lipinski definition) is 4. The zero-order chi connectivity index (χ0) is 28.1. The Morgan fingerprint density at radius 2 is 2.00 bits per heavy atom. The summed E-state index contributed by atoms with van der Waals surface area (Å²) in [5.41, 5.74) is -0.647. The van der Waals surface area contributed by atoms with Crippen LogP contribution in [-0.2, 0) is 21.2 Å². The van der Waals surface area contributed by atoms with Gasteiger partial charge >= 0.3 is 0 Å². The Balaban J connectivity index is 1.91. The van der Waals surface area contributed by atoms with Crippen LogP contribution in [0.2, 0.25) is 0 Å². The molecule has 208 valence electrons. The van der Waals surface area contributed by atoms with Gasteiger partial charge in [0.2, 0.25) is 15.9 Å². The van der Waals surface area contributed by atoms with Gasteiger partial charge in [-0.15, -0.1) is 0 Å². The monoisotopic (exact) mass is 546 g/mol. The largest absolute Gasteiger partial charge is 0.385 e. The number of anilines is 2. The Morgan fingerprint density at radius 3 is 2.63 bits per heavy atom. The maximum Gasteiger partial charge on any atom is 0.251 e. The first-order valence-electron chi connectivity index (χ1n) is 12.6. The van der Waals surface area contributed by atoms with Gasteiger partial charge in [0.25, 0.3) is 5.91 Å². The van der Waals surface area contributed by atoms with Crippen molar-refractivity contribution in [1.29, 1.82) is 0 Å². The smallest absolute Gasteiger partial charge is 0.251 e. The number of pyridine rings is 1. The fourth-order valence-corrected chi connectivity index (χ4v) is 4.61. The van der Waals surface area contributed by atoms with Crippen LogP contribution in [0.4, 0.5) is 11.6 Å². The SMILES string of the molecule is CCC(C)Nc1cc(C(=O)NC[C@](O)(Cc2ccccc2)C2NCCN(C)C2=O)cc(N(C)S(C)(=O)=O)n1. The van der Waals surface area contributed by atoms with Crippen LogP contribution in [-0.4, -0.2) is 92.9 Å². The number of amides is 2. The molecule has 1 fully saturated rings. The summed E-state index contributed by atoms with van der Waals surface area (Å²) in [5.74, 6) is -0.366. The van der Waals surface area contributed by atoms with Gasteiger partial charge in [-0.25, -0.2) is 13.4 Å². The first-order valence-corrected chi connectivity index (χ1v) is 14.4. The number of nitrogens with one attached hydrogen (secondary N) is 3. The highest BCUT2D eigenvalue weighted by molar-refractivity contribution is 7.92. The molecule has 0 aliphatic carbocycles. The number of aliphatic hydroxyl groups is 1. The minimum Gasteiger partial charge on any atom is -0.385 e. The van der Waals surface area contributed by atoms with E-state index < -0.39 is 27.6 Å². The van der Waals surface area contributed by atoms with Crippen LogP contribution in [0.5, 0.6) is 0 Å². The molecular formula is C26H38N6O5S. The fourth-order valence-electron chi connectivity index (χ4n) is 4.17. The summed E-state index contributed by atoms with van der Waals surface area (Å²) in [6, 6.07) is 11.3. The average molecular weight is 547 g/mol. The van der Waals surface area contributed by atoms with Crippen molar-refractivity contribution >= 4 is 33.5 Å². The lowest BCUT2D eigenvalue weighted by Crippen LogP contribution is -2.67. The van der Waals surface area contributed by atoms with Crippen molar-refractivity contribution in [2.75, 3.05) is 49.6 Å². The van der Waals surface area contributed by atoms with E-state index in [4.69, 9.17) is 0 Å². The maximum atomic E-state index is 13.3. The number of hydrogen-bond acceptors (Lipinski definition) is 8. The zero-order valence-corrected chi connectivity index (χ0v) is 23.4. The number of rotatable bonds is 11. The summed E-state index contributed by atoms with van der Waals surface area (Å²) in [4.78, 5) is 32.3. The van der Waals surface area contributed by atoms with E-state index in [0.29, 0.717) is 18.9 Å². The van der Waals surface area contributed by atoms with Crippen molar-refractivity contribution in [2.24, 2.45) is 0 Å². The van der Waals surface area contributed by atoms with Gasteiger partial charge in [0.15, 0.2) is 0 Å². The summed E-state index contributed by atoms with van der Waals surface area (Å²) in [6.07, 6.45) is 1.97. The molecule has 1 aliphatic rings. The zero-order valence-electron chi connectivity index (χ0n) is 22.6. The first kappa shape index (κ1) is 29.3. The topological polar surface area (TPSA) is 144 Å². The standard InChI is InChI=1S/C26H38N6O5S/c1-6-18(2)29-21-14-20(15-22(30-21)32(4)38(5,36)37)24(33)28-17-26(35,16-19-10-8-7-9-11-19)23-25(34)31(3)13-12-27-23/h7-11,14-15,18,23,27,35H,6,12-13,16-17H2,1-5H3,(H,28,33)(H,29,30)/t18?,23?,26-/m1/s1. The van der Waals surface area contributed by atoms with Gasteiger partial charge in [-0.1, -0.05) is 37.3 Å². The maximum absolute atomic E-state index is 13.3. The van der Waals surface area contributed by atoms with E-state index >= 15 is 0 Å². The molecule has 11 nitrogen and oxygen atoms in total. The number of carbonyl (C=O) groups is 2. The Bertz CT molecular complexity index is 1240. The number of piperazine rings is 1. The first-order chi connectivity index (χ1) is 17.8. The van der Waals surface area contributed by atoms with E-state index in [2.05, 4.69) is 20.9 Å². The minimum absolute atomic E-state index is 0.0357. The van der Waals surface area contributed by atoms with Gasteiger partial charge in [0.1, 0.15) is 23.3 Å². The normalized spacial score (nSPS) is 18.4. The van der Waals surface area contributed by atoms with Crippen LogP contribution in [0, 0.1) is 0 Å². The Labute approximate surface area is 224 Å². The molecule has 0 spiro atoms. The van der Waals surface area contributed by atoms with Crippen LogP contribution < -0.4 is 20.3 Å². The van der Waals surface area contributed by atoms with Crippen LogP contribution in [0.25, 0.3) is 0 Å². The van der Waals surface area contributed by atoms with E-state index in [9.17, 15) is 23.1 Å². The summed E-state index contributed by atoms with van der Waals surface area (Å²) in [7, 11) is -0.580. The molecular weight excluding hydrogens is 508 g/mol. The Hall–Kier alpha value is -3.22. The molecule has 1 aromatic heterocycles. The molecule has 3 rings (SSSR count). The van der Waals surface area contributed by atoms with E-state index in [1.165, 1.54) is 19.2 Å². The lowest BCUT2D eigenvalue weighted by atomic mass is 9.85. The molecule has 1 saturated heterocycles. The molecule has 1 aliphatic heterocycles. The molecule has 38 heavy (non-hydrogen) atoms. The third kappa shape index (κ3) is 7.21. The Morgan fingerprint density at radius 1 is 1.32 bits per heavy atom. The summed E-state index contributed by atoms with van der Waals surface area (Å²) < 4.78 is 25.3. The summed E-state index contributed by atoms with van der Waals surface area (Å²) in [5, 5.41) is 20.9. The molecule has 0 saturated carbocycles. The number of nitrogens with zero attached hydrogens (tertiary/aromatic N) is 3. The molecule has 0 bridgehead atoms. The molecule has 2 amide bonds. The van der Waals surface area contributed by atoms with Gasteiger partial charge in [-0.3, -0.25) is 13.9 Å². The van der Waals surface area contributed by atoms with Crippen LogP contribution >= 0.6 is 0 Å². The number of carbonyl (C=O) groups excluding carboxylic acids is 2. The molecule has 0 radical (unpaired) electrons. The van der Waals surface area contributed by atoms with Gasteiger partial charge in [0.05, 0.1) is 6.26 Å². The molecule has 2 unspecified atom stereocenters. The van der Waals surface area contributed by atoms with Crippen molar-refractivity contribution in [1.82, 2.24) is 20.5 Å². The van der Waals surface area contributed by atoms with Gasteiger partial charge in [-0.2, -0.15) is 0 Å². The molecule has 1 aromatic carbocycles. The molecule has 4 N–H and O–H groups in total. The third-order valence-electron chi connectivity index (χ3n) is 6.77. The lowest BCUT2D eigenvalue weighted by molar-refractivity contribution is -0.142. The van der Waals surface area contributed by atoms with Crippen LogP contribution in [0.1, 0.15) is 36.2 Å². The van der Waals surface area contributed by atoms with Crippen LogP contribution in [0.15, 0.2) is 42.5 Å². The number of aromatic nitrogens is 1. The second-order valence-corrected chi connectivity index (χ2v) is 11.9. The number of sulfonamides is 1. The van der Waals surface area contributed by atoms with Gasteiger partial charge in [0, 0.05) is 51.8 Å². The van der Waals surface area contributed by atoms with E-state index in [1.54, 1.807) is 11.9 Å². The lowest BCUT2D eigenvalue weighted by Gasteiger charge is -2.41. The highest BCUT2D eigenvalue weighted by atomic mass is 32.2. The quantitative estimate of drug-likeness (QED) is 0.324. The highest BCUT2D eigenvalue weighted by Gasteiger charge is 2.44. The van der Waals surface area contributed by atoms with E-state index in [-0.39, 0.29) is 36.3 Å². The summed E-state index contributed by atoms with van der Waals surface area (Å²) in [6.45, 7) is 4.75. The van der Waals surface area contributed by atoms with Crippen molar-refractivity contribution in [3.05, 3.63) is 53.6 Å². The average Bonchev–Trinajstić information content (AvgIpc) is 2.88. The highest BCUT2D eigenvalue weighted by Crippen LogP contribution is 2.23. The summed E-state index contributed by atoms with van der Waals surface area (Å²) >= 11 is 0. The predicted octanol–water partition coefficient (Wildman–Crippen LogP) is 0.822. The van der Waals surface area contributed by atoms with Crippen molar-refractivity contribution in [2.45, 2.75) is 44.4 Å².